The van der Waals surface area contributed by atoms with Crippen molar-refractivity contribution in [2.24, 2.45) is 0 Å². The summed E-state index contributed by atoms with van der Waals surface area (Å²) in [6.07, 6.45) is 0. The van der Waals surface area contributed by atoms with Crippen LogP contribution in [0.5, 0.6) is 0 Å². The van der Waals surface area contributed by atoms with Crippen LogP contribution < -0.4 is 10.6 Å². The molecule has 0 fully saturated rings. The second-order valence-corrected chi connectivity index (χ2v) is 4.65. The smallest absolute Gasteiger partial charge is 0.314 e. The molecule has 0 saturated heterocycles. The van der Waals surface area contributed by atoms with Gasteiger partial charge in [0.25, 0.3) is 0 Å². The summed E-state index contributed by atoms with van der Waals surface area (Å²) in [6, 6.07) is 14.5. The fourth-order valence-corrected chi connectivity index (χ4v) is 1.94. The van der Waals surface area contributed by atoms with Crippen molar-refractivity contribution in [3.63, 3.8) is 0 Å². The molecular weight excluding hydrogens is 252 g/mol. The molecule has 0 radical (unpaired) electrons. The molecule has 0 aliphatic heterocycles. The highest BCUT2D eigenvalue weighted by Gasteiger charge is 2.14. The monoisotopic (exact) mass is 268 g/mol. The van der Waals surface area contributed by atoms with Crippen LogP contribution in [0.1, 0.15) is 11.1 Å². The van der Waals surface area contributed by atoms with Gasteiger partial charge in [0.05, 0.1) is 0 Å². The molecule has 0 aromatic heterocycles. The van der Waals surface area contributed by atoms with Crippen LogP contribution in [0.4, 0.5) is 11.4 Å². The van der Waals surface area contributed by atoms with Gasteiger partial charge in [0.1, 0.15) is 0 Å². The molecule has 0 aliphatic carbocycles. The first-order chi connectivity index (χ1) is 9.54. The molecule has 0 aliphatic rings. The Morgan fingerprint density at radius 2 is 1.25 bits per heavy atom. The van der Waals surface area contributed by atoms with Crippen molar-refractivity contribution in [1.82, 2.24) is 0 Å². The minimum atomic E-state index is -0.685. The SMILES string of the molecule is Cc1cc(C)cc(NC(=O)C(=O)Nc2ccccc2)c1. The Hall–Kier alpha value is -2.62. The highest BCUT2D eigenvalue weighted by Crippen LogP contribution is 2.14. The van der Waals surface area contributed by atoms with E-state index in [0.717, 1.165) is 11.1 Å². The zero-order chi connectivity index (χ0) is 14.5. The van der Waals surface area contributed by atoms with E-state index in [9.17, 15) is 9.59 Å². The van der Waals surface area contributed by atoms with Crippen molar-refractivity contribution < 1.29 is 9.59 Å². The van der Waals surface area contributed by atoms with Gasteiger partial charge < -0.3 is 10.6 Å². The maximum atomic E-state index is 11.8. The molecule has 2 aromatic rings. The van der Waals surface area contributed by atoms with E-state index in [2.05, 4.69) is 10.6 Å². The molecule has 4 heteroatoms. The van der Waals surface area contributed by atoms with Crippen LogP contribution in [0.3, 0.4) is 0 Å². The molecule has 2 rings (SSSR count). The Morgan fingerprint density at radius 3 is 1.80 bits per heavy atom. The lowest BCUT2D eigenvalue weighted by atomic mass is 10.1. The van der Waals surface area contributed by atoms with E-state index >= 15 is 0 Å². The molecule has 4 nitrogen and oxygen atoms in total. The minimum absolute atomic E-state index is 0.591. The molecule has 0 spiro atoms. The summed E-state index contributed by atoms with van der Waals surface area (Å²) in [6.45, 7) is 3.87. The Bertz CT molecular complexity index is 616. The quantitative estimate of drug-likeness (QED) is 0.823. The number of para-hydroxylation sites is 1. The van der Waals surface area contributed by atoms with Crippen molar-refractivity contribution in [3.8, 4) is 0 Å². The first kappa shape index (κ1) is 13.8. The van der Waals surface area contributed by atoms with Gasteiger partial charge in [-0.1, -0.05) is 24.3 Å². The number of hydrogen-bond acceptors (Lipinski definition) is 2. The van der Waals surface area contributed by atoms with Gasteiger partial charge in [-0.25, -0.2) is 0 Å². The maximum absolute atomic E-state index is 11.8. The summed E-state index contributed by atoms with van der Waals surface area (Å²) in [4.78, 5) is 23.6. The third kappa shape index (κ3) is 3.68. The minimum Gasteiger partial charge on any atom is -0.318 e. The maximum Gasteiger partial charge on any atom is 0.314 e. The van der Waals surface area contributed by atoms with Gasteiger partial charge in [-0.05, 0) is 49.2 Å². The Balaban J connectivity index is 2.02. The lowest BCUT2D eigenvalue weighted by Crippen LogP contribution is -2.29. The zero-order valence-electron chi connectivity index (χ0n) is 11.4. The van der Waals surface area contributed by atoms with E-state index in [4.69, 9.17) is 0 Å². The summed E-state index contributed by atoms with van der Waals surface area (Å²) >= 11 is 0. The highest BCUT2D eigenvalue weighted by atomic mass is 16.2. The largest absolute Gasteiger partial charge is 0.318 e. The van der Waals surface area contributed by atoms with Gasteiger partial charge in [0.2, 0.25) is 0 Å². The second kappa shape index (κ2) is 6.02. The van der Waals surface area contributed by atoms with Gasteiger partial charge in [0, 0.05) is 11.4 Å². The molecular formula is C16H16N2O2. The van der Waals surface area contributed by atoms with E-state index in [1.165, 1.54) is 0 Å². The van der Waals surface area contributed by atoms with Gasteiger partial charge in [-0.2, -0.15) is 0 Å². The van der Waals surface area contributed by atoms with Crippen LogP contribution >= 0.6 is 0 Å². The summed E-state index contributed by atoms with van der Waals surface area (Å²) in [5.41, 5.74) is 3.27. The fraction of sp³-hybridized carbons (Fsp3) is 0.125. The van der Waals surface area contributed by atoms with Crippen molar-refractivity contribution in [2.45, 2.75) is 13.8 Å². The standard InChI is InChI=1S/C16H16N2O2/c1-11-8-12(2)10-14(9-11)18-16(20)15(19)17-13-6-4-3-5-7-13/h3-10H,1-2H3,(H,17,19)(H,18,20). The lowest BCUT2D eigenvalue weighted by Gasteiger charge is -2.08. The van der Waals surface area contributed by atoms with Gasteiger partial charge in [-0.3, -0.25) is 9.59 Å². The Labute approximate surface area is 117 Å². The number of anilines is 2. The van der Waals surface area contributed by atoms with Crippen LogP contribution in [-0.4, -0.2) is 11.8 Å². The highest BCUT2D eigenvalue weighted by molar-refractivity contribution is 6.43. The van der Waals surface area contributed by atoms with Crippen molar-refractivity contribution >= 4 is 23.2 Å². The third-order valence-electron chi connectivity index (χ3n) is 2.72. The van der Waals surface area contributed by atoms with Gasteiger partial charge >= 0.3 is 11.8 Å². The van der Waals surface area contributed by atoms with Crippen LogP contribution in [0.15, 0.2) is 48.5 Å². The Morgan fingerprint density at radius 1 is 0.750 bits per heavy atom. The van der Waals surface area contributed by atoms with Crippen LogP contribution in [-0.2, 0) is 9.59 Å². The summed E-state index contributed by atoms with van der Waals surface area (Å²) in [5, 5.41) is 5.13. The molecule has 0 heterocycles. The molecule has 20 heavy (non-hydrogen) atoms. The number of aryl methyl sites for hydroxylation is 2. The number of hydrogen-bond donors (Lipinski definition) is 2. The molecule has 0 bridgehead atoms. The molecule has 2 N–H and O–H groups in total. The number of amides is 2. The second-order valence-electron chi connectivity index (χ2n) is 4.65. The van der Waals surface area contributed by atoms with E-state index < -0.39 is 11.8 Å². The average Bonchev–Trinajstić information content (AvgIpc) is 2.38. The topological polar surface area (TPSA) is 58.2 Å². The fourth-order valence-electron chi connectivity index (χ4n) is 1.94. The van der Waals surface area contributed by atoms with E-state index in [-0.39, 0.29) is 0 Å². The molecule has 102 valence electrons. The predicted octanol–water partition coefficient (Wildman–Crippen LogP) is 2.88. The normalized spacial score (nSPS) is 9.90. The third-order valence-corrected chi connectivity index (χ3v) is 2.72. The van der Waals surface area contributed by atoms with Gasteiger partial charge in [-0.15, -0.1) is 0 Å². The number of nitrogens with one attached hydrogen (secondary N) is 2. The van der Waals surface area contributed by atoms with Crippen molar-refractivity contribution in [1.29, 1.82) is 0 Å². The summed E-state index contributed by atoms with van der Waals surface area (Å²) in [7, 11) is 0. The summed E-state index contributed by atoms with van der Waals surface area (Å²) < 4.78 is 0. The van der Waals surface area contributed by atoms with Crippen LogP contribution in [0.2, 0.25) is 0 Å². The van der Waals surface area contributed by atoms with Crippen molar-refractivity contribution in [3.05, 3.63) is 59.7 Å². The van der Waals surface area contributed by atoms with Crippen LogP contribution in [0.25, 0.3) is 0 Å². The molecule has 0 atom stereocenters. The predicted molar refractivity (Wildman–Crippen MR) is 79.6 cm³/mol. The average molecular weight is 268 g/mol. The van der Waals surface area contributed by atoms with Crippen molar-refractivity contribution in [2.75, 3.05) is 10.6 Å². The van der Waals surface area contributed by atoms with E-state index in [1.807, 2.05) is 38.1 Å². The molecule has 0 saturated carbocycles. The zero-order valence-corrected chi connectivity index (χ0v) is 11.4. The first-order valence-corrected chi connectivity index (χ1v) is 6.30. The van der Waals surface area contributed by atoms with E-state index in [1.54, 1.807) is 24.3 Å². The molecule has 0 unspecified atom stereocenters. The van der Waals surface area contributed by atoms with Crippen LogP contribution in [0, 0.1) is 13.8 Å². The number of benzene rings is 2. The van der Waals surface area contributed by atoms with Gasteiger partial charge in [0.15, 0.2) is 0 Å². The van der Waals surface area contributed by atoms with E-state index in [0.29, 0.717) is 11.4 Å². The molecule has 2 amide bonds. The summed E-state index contributed by atoms with van der Waals surface area (Å²) in [5.74, 6) is -1.37. The number of rotatable bonds is 2. The molecule has 2 aromatic carbocycles. The lowest BCUT2D eigenvalue weighted by molar-refractivity contribution is -0.132. The number of carbonyl (C=O) groups excluding carboxylic acids is 2. The first-order valence-electron chi connectivity index (χ1n) is 6.30. The Kier molecular flexibility index (Phi) is 4.15. The number of carbonyl (C=O) groups is 2.